The second-order valence-corrected chi connectivity index (χ2v) is 8.74. The number of amides is 1. The van der Waals surface area contributed by atoms with Crippen LogP contribution in [0.15, 0.2) is 47.4 Å². The third-order valence-corrected chi connectivity index (χ3v) is 6.05. The summed E-state index contributed by atoms with van der Waals surface area (Å²) in [5, 5.41) is 3.30. The highest BCUT2D eigenvalue weighted by atomic mass is 35.5. The lowest BCUT2D eigenvalue weighted by molar-refractivity contribution is 0.0708. The zero-order valence-corrected chi connectivity index (χ0v) is 17.9. The molecule has 1 fully saturated rings. The zero-order valence-electron chi connectivity index (χ0n) is 16.2. The molecule has 2 aromatic carbocycles. The molecule has 3 rings (SSSR count). The number of halogens is 1. The number of hydrogen-bond acceptors (Lipinski definition) is 4. The first-order valence-corrected chi connectivity index (χ1v) is 10.5. The Labute approximate surface area is 172 Å². The molecule has 1 unspecified atom stereocenters. The number of carbonyl (C=O) groups excluding carboxylic acids is 1. The number of sulfonamides is 1. The van der Waals surface area contributed by atoms with Crippen LogP contribution in [0.5, 0.6) is 0 Å². The van der Waals surface area contributed by atoms with Gasteiger partial charge in [0.05, 0.1) is 4.90 Å². The Morgan fingerprint density at radius 1 is 1.18 bits per heavy atom. The molecule has 1 heterocycles. The Morgan fingerprint density at radius 2 is 1.93 bits per heavy atom. The number of carbonyl (C=O) groups is 1. The summed E-state index contributed by atoms with van der Waals surface area (Å²) in [6.07, 6.45) is 0. The fourth-order valence-electron chi connectivity index (χ4n) is 3.21. The van der Waals surface area contributed by atoms with Gasteiger partial charge in [-0.25, -0.2) is 8.42 Å². The summed E-state index contributed by atoms with van der Waals surface area (Å²) in [5.41, 5.74) is 2.65. The van der Waals surface area contributed by atoms with E-state index in [1.165, 1.54) is 12.1 Å². The molecule has 2 N–H and O–H groups in total. The van der Waals surface area contributed by atoms with Crippen LogP contribution in [0.4, 0.5) is 5.69 Å². The van der Waals surface area contributed by atoms with Crippen molar-refractivity contribution in [3.8, 4) is 0 Å². The summed E-state index contributed by atoms with van der Waals surface area (Å²) >= 11 is 0. The van der Waals surface area contributed by atoms with E-state index in [2.05, 4.69) is 10.0 Å². The van der Waals surface area contributed by atoms with Gasteiger partial charge in [-0.3, -0.25) is 9.52 Å². The number of nitrogens with one attached hydrogen (secondary N) is 2. The predicted molar refractivity (Wildman–Crippen MR) is 114 cm³/mol. The number of benzene rings is 2. The molecular formula is C20H26ClN3O3S. The average Bonchev–Trinajstić information content (AvgIpc) is 2.61. The summed E-state index contributed by atoms with van der Waals surface area (Å²) in [7, 11) is -3.78. The minimum Gasteiger partial charge on any atom is -0.336 e. The molecule has 0 aliphatic carbocycles. The molecule has 8 heteroatoms. The van der Waals surface area contributed by atoms with Crippen molar-refractivity contribution < 1.29 is 13.2 Å². The third kappa shape index (κ3) is 5.04. The highest BCUT2D eigenvalue weighted by molar-refractivity contribution is 7.92. The highest BCUT2D eigenvalue weighted by Gasteiger charge is 2.24. The van der Waals surface area contributed by atoms with Crippen molar-refractivity contribution in [1.29, 1.82) is 0 Å². The number of anilines is 1. The van der Waals surface area contributed by atoms with Crippen LogP contribution in [-0.2, 0) is 10.0 Å². The van der Waals surface area contributed by atoms with E-state index >= 15 is 0 Å². The highest BCUT2D eigenvalue weighted by Crippen LogP contribution is 2.21. The number of nitrogens with zero attached hydrogens (tertiary/aromatic N) is 1. The maximum Gasteiger partial charge on any atom is 0.261 e. The van der Waals surface area contributed by atoms with E-state index in [1.54, 1.807) is 29.2 Å². The largest absolute Gasteiger partial charge is 0.336 e. The standard InChI is InChI=1S/C20H25N3O3S.ClH/c1-14-5-4-6-17(11-14)22-27(25,26)18-8-7-15(2)19(12-18)20(24)23-10-9-21-16(3)13-23;/h4-8,11-12,16,21-22H,9-10,13H2,1-3H3;1H. The van der Waals surface area contributed by atoms with Gasteiger partial charge in [-0.15, -0.1) is 12.4 Å². The van der Waals surface area contributed by atoms with Crippen LogP contribution < -0.4 is 10.0 Å². The Morgan fingerprint density at radius 3 is 2.61 bits per heavy atom. The van der Waals surface area contributed by atoms with Gasteiger partial charge in [0.2, 0.25) is 0 Å². The molecule has 152 valence electrons. The van der Waals surface area contributed by atoms with Crippen LogP contribution in [0, 0.1) is 13.8 Å². The van der Waals surface area contributed by atoms with Gasteiger partial charge in [0.1, 0.15) is 0 Å². The van der Waals surface area contributed by atoms with Crippen LogP contribution in [-0.4, -0.2) is 44.9 Å². The molecule has 1 amide bonds. The normalized spacial score (nSPS) is 17.0. The lowest BCUT2D eigenvalue weighted by Gasteiger charge is -2.32. The van der Waals surface area contributed by atoms with Crippen molar-refractivity contribution in [2.45, 2.75) is 31.7 Å². The van der Waals surface area contributed by atoms with E-state index in [1.807, 2.05) is 26.8 Å². The minimum absolute atomic E-state index is 0. The Bertz CT molecular complexity index is 963. The molecule has 2 aromatic rings. The van der Waals surface area contributed by atoms with Crippen molar-refractivity contribution in [2.75, 3.05) is 24.4 Å². The molecule has 0 aromatic heterocycles. The summed E-state index contributed by atoms with van der Waals surface area (Å²) < 4.78 is 28.1. The van der Waals surface area contributed by atoms with E-state index in [9.17, 15) is 13.2 Å². The van der Waals surface area contributed by atoms with Crippen LogP contribution in [0.3, 0.4) is 0 Å². The second kappa shape index (κ2) is 8.94. The van der Waals surface area contributed by atoms with Crippen molar-refractivity contribution in [2.24, 2.45) is 0 Å². The van der Waals surface area contributed by atoms with Crippen molar-refractivity contribution >= 4 is 34.0 Å². The Balaban J connectivity index is 0.00000280. The number of piperazine rings is 1. The summed E-state index contributed by atoms with van der Waals surface area (Å²) in [6.45, 7) is 7.70. The third-order valence-electron chi connectivity index (χ3n) is 4.68. The van der Waals surface area contributed by atoms with Crippen LogP contribution in [0.2, 0.25) is 0 Å². The van der Waals surface area contributed by atoms with Gasteiger partial charge in [0.25, 0.3) is 15.9 Å². The SMILES string of the molecule is Cc1cccc(NS(=O)(=O)c2ccc(C)c(C(=O)N3CCNC(C)C3)c2)c1.Cl. The smallest absolute Gasteiger partial charge is 0.261 e. The molecule has 0 saturated carbocycles. The second-order valence-electron chi connectivity index (χ2n) is 7.06. The first kappa shape index (κ1) is 22.2. The number of rotatable bonds is 4. The van der Waals surface area contributed by atoms with E-state index in [0.717, 1.165) is 17.7 Å². The summed E-state index contributed by atoms with van der Waals surface area (Å²) in [4.78, 5) is 14.8. The quantitative estimate of drug-likeness (QED) is 0.792. The van der Waals surface area contributed by atoms with Crippen molar-refractivity contribution in [3.05, 3.63) is 59.2 Å². The van der Waals surface area contributed by atoms with Gasteiger partial charge in [-0.05, 0) is 56.2 Å². The molecule has 0 spiro atoms. The number of aryl methyl sites for hydroxylation is 2. The first-order valence-electron chi connectivity index (χ1n) is 8.99. The molecule has 6 nitrogen and oxygen atoms in total. The topological polar surface area (TPSA) is 78.5 Å². The number of hydrogen-bond donors (Lipinski definition) is 2. The van der Waals surface area contributed by atoms with Crippen molar-refractivity contribution in [3.63, 3.8) is 0 Å². The maximum absolute atomic E-state index is 12.9. The van der Waals surface area contributed by atoms with Gasteiger partial charge in [0.15, 0.2) is 0 Å². The maximum atomic E-state index is 12.9. The van der Waals surface area contributed by atoms with Crippen LogP contribution in [0.1, 0.15) is 28.4 Å². The fourth-order valence-corrected chi connectivity index (χ4v) is 4.28. The molecule has 0 bridgehead atoms. The average molecular weight is 424 g/mol. The van der Waals surface area contributed by atoms with Gasteiger partial charge in [-0.2, -0.15) is 0 Å². The summed E-state index contributed by atoms with van der Waals surface area (Å²) in [5.74, 6) is -0.131. The lowest BCUT2D eigenvalue weighted by Crippen LogP contribution is -2.51. The lowest BCUT2D eigenvalue weighted by atomic mass is 10.1. The van der Waals surface area contributed by atoms with E-state index in [0.29, 0.717) is 24.3 Å². The van der Waals surface area contributed by atoms with Gasteiger partial charge in [0, 0.05) is 36.9 Å². The molecule has 1 aliphatic heterocycles. The van der Waals surface area contributed by atoms with Crippen molar-refractivity contribution in [1.82, 2.24) is 10.2 Å². The minimum atomic E-state index is -3.78. The van der Waals surface area contributed by atoms with E-state index in [-0.39, 0.29) is 29.3 Å². The van der Waals surface area contributed by atoms with E-state index in [4.69, 9.17) is 0 Å². The molecule has 28 heavy (non-hydrogen) atoms. The monoisotopic (exact) mass is 423 g/mol. The zero-order chi connectivity index (χ0) is 19.6. The molecule has 0 radical (unpaired) electrons. The Kier molecular flexibility index (Phi) is 7.09. The molecule has 1 aliphatic rings. The predicted octanol–water partition coefficient (Wildman–Crippen LogP) is 2.96. The molecule has 1 saturated heterocycles. The van der Waals surface area contributed by atoms with Gasteiger partial charge < -0.3 is 10.2 Å². The Hall–Kier alpha value is -2.09. The fraction of sp³-hybridized carbons (Fsp3) is 0.350. The van der Waals surface area contributed by atoms with Crippen LogP contribution >= 0.6 is 12.4 Å². The van der Waals surface area contributed by atoms with Crippen LogP contribution in [0.25, 0.3) is 0 Å². The first-order chi connectivity index (χ1) is 12.8. The van der Waals surface area contributed by atoms with E-state index < -0.39 is 10.0 Å². The summed E-state index contributed by atoms with van der Waals surface area (Å²) in [6, 6.07) is 12.1. The molecular weight excluding hydrogens is 398 g/mol. The van der Waals surface area contributed by atoms with Gasteiger partial charge >= 0.3 is 0 Å². The molecule has 1 atom stereocenters. The van der Waals surface area contributed by atoms with Gasteiger partial charge in [-0.1, -0.05) is 18.2 Å².